The van der Waals surface area contributed by atoms with Crippen molar-refractivity contribution in [3.63, 3.8) is 0 Å². The van der Waals surface area contributed by atoms with Gasteiger partial charge in [-0.2, -0.15) is 5.26 Å². The van der Waals surface area contributed by atoms with Crippen molar-refractivity contribution in [3.05, 3.63) is 89.1 Å². The molecule has 1 aromatic heterocycles. The molecule has 0 saturated heterocycles. The van der Waals surface area contributed by atoms with Gasteiger partial charge in [-0.25, -0.2) is 0 Å². The van der Waals surface area contributed by atoms with E-state index in [1.165, 1.54) is 5.56 Å². The van der Waals surface area contributed by atoms with Crippen LogP contribution < -0.4 is 10.5 Å². The van der Waals surface area contributed by atoms with Crippen LogP contribution in [0.1, 0.15) is 42.1 Å². The molecule has 4 nitrogen and oxygen atoms in total. The quantitative estimate of drug-likeness (QED) is 0.427. The van der Waals surface area contributed by atoms with Crippen LogP contribution in [0, 0.1) is 18.3 Å². The molecule has 0 spiro atoms. The molecule has 30 heavy (non-hydrogen) atoms. The van der Waals surface area contributed by atoms with E-state index in [2.05, 4.69) is 62.4 Å². The standard InChI is InChI=1S/C26H25N3O/c1-17(2)20-12-11-18(3)25(13-20)30-26-24(28)14-22(15-27)29(26)16-21-9-6-8-19-7-4-5-10-23(19)21/h4-14,17H,16,28H2,1-3H3. The number of nitrogens with zero attached hydrogens (tertiary/aromatic N) is 2. The van der Waals surface area contributed by atoms with Gasteiger partial charge in [0.15, 0.2) is 0 Å². The maximum atomic E-state index is 9.70. The number of benzene rings is 3. The normalized spacial score (nSPS) is 11.0. The van der Waals surface area contributed by atoms with Crippen molar-refractivity contribution in [3.8, 4) is 17.7 Å². The molecule has 0 amide bonds. The molecule has 4 aromatic rings. The van der Waals surface area contributed by atoms with Crippen molar-refractivity contribution >= 4 is 16.5 Å². The van der Waals surface area contributed by atoms with Crippen LogP contribution in [0.5, 0.6) is 11.6 Å². The van der Waals surface area contributed by atoms with Crippen molar-refractivity contribution in [2.45, 2.75) is 33.2 Å². The second-order valence-electron chi connectivity index (χ2n) is 7.91. The Balaban J connectivity index is 1.79. The third kappa shape index (κ3) is 3.62. The first-order chi connectivity index (χ1) is 14.5. The molecule has 4 heteroatoms. The van der Waals surface area contributed by atoms with Crippen molar-refractivity contribution in [2.24, 2.45) is 0 Å². The molecule has 2 N–H and O–H groups in total. The van der Waals surface area contributed by atoms with Gasteiger partial charge in [0.2, 0.25) is 5.88 Å². The Morgan fingerprint density at radius 1 is 1.03 bits per heavy atom. The molecular formula is C26H25N3O. The third-order valence-corrected chi connectivity index (χ3v) is 5.48. The van der Waals surface area contributed by atoms with E-state index < -0.39 is 0 Å². The van der Waals surface area contributed by atoms with Gasteiger partial charge in [0.1, 0.15) is 17.5 Å². The summed E-state index contributed by atoms with van der Waals surface area (Å²) in [5, 5.41) is 12.0. The molecule has 150 valence electrons. The summed E-state index contributed by atoms with van der Waals surface area (Å²) in [6.07, 6.45) is 0. The average Bonchev–Trinajstić information content (AvgIpc) is 3.04. The summed E-state index contributed by atoms with van der Waals surface area (Å²) in [7, 11) is 0. The largest absolute Gasteiger partial charge is 0.438 e. The van der Waals surface area contributed by atoms with Gasteiger partial charge in [0.25, 0.3) is 0 Å². The van der Waals surface area contributed by atoms with Gasteiger partial charge in [0, 0.05) is 6.07 Å². The van der Waals surface area contributed by atoms with E-state index >= 15 is 0 Å². The van der Waals surface area contributed by atoms with E-state index in [1.54, 1.807) is 6.07 Å². The SMILES string of the molecule is Cc1ccc(C(C)C)cc1Oc1c(N)cc(C#N)n1Cc1cccc2ccccc12. The van der Waals surface area contributed by atoms with Crippen LogP contribution >= 0.6 is 0 Å². The first kappa shape index (κ1) is 19.6. The van der Waals surface area contributed by atoms with Gasteiger partial charge in [-0.3, -0.25) is 4.57 Å². The first-order valence-corrected chi connectivity index (χ1v) is 10.1. The van der Waals surface area contributed by atoms with E-state index in [-0.39, 0.29) is 0 Å². The Morgan fingerprint density at radius 2 is 1.80 bits per heavy atom. The molecule has 0 aliphatic heterocycles. The maximum absolute atomic E-state index is 9.70. The summed E-state index contributed by atoms with van der Waals surface area (Å²) in [6.45, 7) is 6.82. The van der Waals surface area contributed by atoms with Gasteiger partial charge in [-0.05, 0) is 46.4 Å². The number of nitrogens with two attached hydrogens (primary N) is 1. The van der Waals surface area contributed by atoms with E-state index in [9.17, 15) is 5.26 Å². The molecule has 0 radical (unpaired) electrons. The third-order valence-electron chi connectivity index (χ3n) is 5.48. The van der Waals surface area contributed by atoms with E-state index in [0.29, 0.717) is 29.7 Å². The van der Waals surface area contributed by atoms with Crippen LogP contribution in [-0.4, -0.2) is 4.57 Å². The molecule has 0 aliphatic carbocycles. The number of ether oxygens (including phenoxy) is 1. The lowest BCUT2D eigenvalue weighted by Gasteiger charge is -2.16. The monoisotopic (exact) mass is 395 g/mol. The number of hydrogen-bond acceptors (Lipinski definition) is 3. The minimum absolute atomic E-state index is 0.391. The van der Waals surface area contributed by atoms with Crippen LogP contribution in [0.15, 0.2) is 66.7 Å². The number of rotatable bonds is 5. The number of aromatic nitrogens is 1. The zero-order chi connectivity index (χ0) is 21.3. The Bertz CT molecular complexity index is 1260. The van der Waals surface area contributed by atoms with Gasteiger partial charge in [0.05, 0.1) is 12.2 Å². The maximum Gasteiger partial charge on any atom is 0.224 e. The molecule has 0 fully saturated rings. The minimum Gasteiger partial charge on any atom is -0.438 e. The Kier molecular flexibility index (Phi) is 5.20. The number of fused-ring (bicyclic) bond motifs is 1. The molecule has 1 heterocycles. The smallest absolute Gasteiger partial charge is 0.224 e. The summed E-state index contributed by atoms with van der Waals surface area (Å²) in [5.74, 6) is 1.65. The molecule has 0 bridgehead atoms. The average molecular weight is 396 g/mol. The number of anilines is 1. The van der Waals surface area contributed by atoms with E-state index in [1.807, 2.05) is 29.7 Å². The van der Waals surface area contributed by atoms with Crippen LogP contribution in [0.25, 0.3) is 10.8 Å². The fraction of sp³-hybridized carbons (Fsp3) is 0.192. The molecular weight excluding hydrogens is 370 g/mol. The van der Waals surface area contributed by atoms with Crippen molar-refractivity contribution in [1.29, 1.82) is 5.26 Å². The molecule has 0 unspecified atom stereocenters. The Hall–Kier alpha value is -3.71. The predicted octanol–water partition coefficient (Wildman–Crippen LogP) is 6.37. The summed E-state index contributed by atoms with van der Waals surface area (Å²) >= 11 is 0. The van der Waals surface area contributed by atoms with Crippen LogP contribution in [0.4, 0.5) is 5.69 Å². The van der Waals surface area contributed by atoms with Crippen LogP contribution in [-0.2, 0) is 6.54 Å². The highest BCUT2D eigenvalue weighted by Gasteiger charge is 2.18. The van der Waals surface area contributed by atoms with Crippen molar-refractivity contribution in [1.82, 2.24) is 4.57 Å². The molecule has 4 rings (SSSR count). The molecule has 0 atom stereocenters. The molecule has 0 aliphatic rings. The Morgan fingerprint density at radius 3 is 2.57 bits per heavy atom. The highest BCUT2D eigenvalue weighted by atomic mass is 16.5. The molecule has 3 aromatic carbocycles. The lowest BCUT2D eigenvalue weighted by atomic mass is 10.0. The zero-order valence-corrected chi connectivity index (χ0v) is 17.5. The van der Waals surface area contributed by atoms with Crippen molar-refractivity contribution < 1.29 is 4.74 Å². The zero-order valence-electron chi connectivity index (χ0n) is 17.5. The van der Waals surface area contributed by atoms with Gasteiger partial charge >= 0.3 is 0 Å². The van der Waals surface area contributed by atoms with Gasteiger partial charge in [-0.1, -0.05) is 68.4 Å². The van der Waals surface area contributed by atoms with Crippen LogP contribution in [0.3, 0.4) is 0 Å². The minimum atomic E-state index is 0.391. The summed E-state index contributed by atoms with van der Waals surface area (Å²) in [6, 6.07) is 24.6. The van der Waals surface area contributed by atoms with Crippen molar-refractivity contribution in [2.75, 3.05) is 5.73 Å². The van der Waals surface area contributed by atoms with Gasteiger partial charge in [-0.15, -0.1) is 0 Å². The van der Waals surface area contributed by atoms with E-state index in [4.69, 9.17) is 10.5 Å². The predicted molar refractivity (Wildman–Crippen MR) is 122 cm³/mol. The highest BCUT2D eigenvalue weighted by Crippen LogP contribution is 2.35. The topological polar surface area (TPSA) is 64.0 Å². The van der Waals surface area contributed by atoms with E-state index in [0.717, 1.165) is 27.6 Å². The first-order valence-electron chi connectivity index (χ1n) is 10.1. The second kappa shape index (κ2) is 7.96. The fourth-order valence-corrected chi connectivity index (χ4v) is 3.71. The Labute approximate surface area is 177 Å². The summed E-state index contributed by atoms with van der Waals surface area (Å²) < 4.78 is 8.18. The van der Waals surface area contributed by atoms with Crippen LogP contribution in [0.2, 0.25) is 0 Å². The lowest BCUT2D eigenvalue weighted by Crippen LogP contribution is -2.06. The summed E-state index contributed by atoms with van der Waals surface area (Å²) in [4.78, 5) is 0. The second-order valence-corrected chi connectivity index (χ2v) is 7.91. The number of nitrogen functional groups attached to an aromatic ring is 1. The summed E-state index contributed by atoms with van der Waals surface area (Å²) in [5.41, 5.74) is 10.6. The number of aryl methyl sites for hydroxylation is 1. The number of nitriles is 1. The highest BCUT2D eigenvalue weighted by molar-refractivity contribution is 5.85. The van der Waals surface area contributed by atoms with Gasteiger partial charge < -0.3 is 10.5 Å². The fourth-order valence-electron chi connectivity index (χ4n) is 3.71. The number of hydrogen-bond donors (Lipinski definition) is 1. The lowest BCUT2D eigenvalue weighted by molar-refractivity contribution is 0.434. The molecule has 0 saturated carbocycles.